The molecule has 0 saturated carbocycles. The van der Waals surface area contributed by atoms with Gasteiger partial charge in [0, 0.05) is 39.1 Å². The molecule has 6 heteroatoms. The van der Waals surface area contributed by atoms with Crippen LogP contribution in [0.5, 0.6) is 0 Å². The maximum absolute atomic E-state index is 12.4. The lowest BCUT2D eigenvalue weighted by atomic mass is 10.1. The van der Waals surface area contributed by atoms with Crippen LogP contribution in [-0.4, -0.2) is 47.3 Å². The Morgan fingerprint density at radius 2 is 2.24 bits per heavy atom. The summed E-state index contributed by atoms with van der Waals surface area (Å²) in [4.78, 5) is 18.6. The van der Waals surface area contributed by atoms with E-state index in [4.69, 9.17) is 4.74 Å². The maximum atomic E-state index is 12.4. The SMILES string of the molecule is CCCNC(=O)N(CCOC)Cc1nccn1Cc1cccc(C)c1. The first-order valence-electron chi connectivity index (χ1n) is 8.71. The Balaban J connectivity index is 2.08. The van der Waals surface area contributed by atoms with Crippen LogP contribution in [0.15, 0.2) is 36.7 Å². The predicted molar refractivity (Wildman–Crippen MR) is 98.5 cm³/mol. The van der Waals surface area contributed by atoms with E-state index in [0.717, 1.165) is 18.8 Å². The molecule has 2 amide bonds. The van der Waals surface area contributed by atoms with Crippen molar-refractivity contribution in [3.8, 4) is 0 Å². The van der Waals surface area contributed by atoms with Crippen LogP contribution in [0.2, 0.25) is 0 Å². The summed E-state index contributed by atoms with van der Waals surface area (Å²) < 4.78 is 7.22. The van der Waals surface area contributed by atoms with Gasteiger partial charge < -0.3 is 19.5 Å². The summed E-state index contributed by atoms with van der Waals surface area (Å²) in [6.45, 7) is 7.02. The fourth-order valence-electron chi connectivity index (χ4n) is 2.61. The number of carbonyl (C=O) groups excluding carboxylic acids is 1. The molecule has 0 aliphatic heterocycles. The van der Waals surface area contributed by atoms with Crippen LogP contribution >= 0.6 is 0 Å². The minimum absolute atomic E-state index is 0.0796. The molecule has 2 aromatic rings. The van der Waals surface area contributed by atoms with E-state index in [1.54, 1.807) is 18.2 Å². The lowest BCUT2D eigenvalue weighted by molar-refractivity contribution is 0.145. The van der Waals surface area contributed by atoms with E-state index >= 15 is 0 Å². The van der Waals surface area contributed by atoms with E-state index in [0.29, 0.717) is 26.2 Å². The number of carbonyl (C=O) groups is 1. The van der Waals surface area contributed by atoms with Gasteiger partial charge in [0.25, 0.3) is 0 Å². The van der Waals surface area contributed by atoms with Gasteiger partial charge in [0.05, 0.1) is 13.2 Å². The molecule has 0 fully saturated rings. The molecule has 2 rings (SSSR count). The van der Waals surface area contributed by atoms with Gasteiger partial charge in [0.2, 0.25) is 0 Å². The van der Waals surface area contributed by atoms with E-state index in [1.807, 2.05) is 13.1 Å². The van der Waals surface area contributed by atoms with E-state index < -0.39 is 0 Å². The third-order valence-electron chi connectivity index (χ3n) is 3.95. The van der Waals surface area contributed by atoms with Crippen molar-refractivity contribution in [2.45, 2.75) is 33.4 Å². The second-order valence-corrected chi connectivity index (χ2v) is 6.11. The largest absolute Gasteiger partial charge is 0.383 e. The van der Waals surface area contributed by atoms with Crippen molar-refractivity contribution in [1.29, 1.82) is 0 Å². The minimum atomic E-state index is -0.0796. The van der Waals surface area contributed by atoms with Gasteiger partial charge in [0.1, 0.15) is 5.82 Å². The van der Waals surface area contributed by atoms with Gasteiger partial charge in [-0.25, -0.2) is 9.78 Å². The van der Waals surface area contributed by atoms with Gasteiger partial charge in [0.15, 0.2) is 0 Å². The highest BCUT2D eigenvalue weighted by Gasteiger charge is 2.16. The highest BCUT2D eigenvalue weighted by atomic mass is 16.5. The van der Waals surface area contributed by atoms with E-state index in [1.165, 1.54) is 11.1 Å². The van der Waals surface area contributed by atoms with Crippen molar-refractivity contribution in [1.82, 2.24) is 19.8 Å². The van der Waals surface area contributed by atoms with Crippen LogP contribution in [0, 0.1) is 6.92 Å². The lowest BCUT2D eigenvalue weighted by Crippen LogP contribution is -2.42. The van der Waals surface area contributed by atoms with Crippen LogP contribution in [0.4, 0.5) is 4.79 Å². The van der Waals surface area contributed by atoms with Crippen LogP contribution in [-0.2, 0) is 17.8 Å². The Kier molecular flexibility index (Phi) is 7.47. The van der Waals surface area contributed by atoms with Gasteiger partial charge in [-0.15, -0.1) is 0 Å². The molecule has 0 saturated heterocycles. The number of aromatic nitrogens is 2. The molecule has 1 N–H and O–H groups in total. The molecular weight excluding hydrogens is 316 g/mol. The van der Waals surface area contributed by atoms with Gasteiger partial charge in [-0.2, -0.15) is 0 Å². The summed E-state index contributed by atoms with van der Waals surface area (Å²) >= 11 is 0. The fourth-order valence-corrected chi connectivity index (χ4v) is 2.61. The summed E-state index contributed by atoms with van der Waals surface area (Å²) in [5, 5.41) is 2.92. The summed E-state index contributed by atoms with van der Waals surface area (Å²) in [7, 11) is 1.64. The number of hydrogen-bond donors (Lipinski definition) is 1. The molecule has 136 valence electrons. The molecule has 1 aromatic carbocycles. The second-order valence-electron chi connectivity index (χ2n) is 6.11. The van der Waals surface area contributed by atoms with Crippen LogP contribution < -0.4 is 5.32 Å². The quantitative estimate of drug-likeness (QED) is 0.761. The molecule has 1 heterocycles. The maximum Gasteiger partial charge on any atom is 0.317 e. The molecular formula is C19H28N4O2. The Labute approximate surface area is 149 Å². The number of hydrogen-bond acceptors (Lipinski definition) is 3. The van der Waals surface area contributed by atoms with Crippen LogP contribution in [0.3, 0.4) is 0 Å². The lowest BCUT2D eigenvalue weighted by Gasteiger charge is -2.23. The Morgan fingerprint density at radius 3 is 2.96 bits per heavy atom. The Bertz CT molecular complexity index is 669. The summed E-state index contributed by atoms with van der Waals surface area (Å²) in [5.74, 6) is 0.865. The van der Waals surface area contributed by atoms with E-state index in [9.17, 15) is 4.79 Å². The van der Waals surface area contributed by atoms with Crippen molar-refractivity contribution in [2.24, 2.45) is 0 Å². The Morgan fingerprint density at radius 1 is 1.40 bits per heavy atom. The zero-order valence-corrected chi connectivity index (χ0v) is 15.4. The number of ether oxygens (including phenoxy) is 1. The summed E-state index contributed by atoms with van der Waals surface area (Å²) in [6.07, 6.45) is 4.64. The molecule has 0 radical (unpaired) electrons. The Hall–Kier alpha value is -2.34. The van der Waals surface area contributed by atoms with Crippen molar-refractivity contribution in [3.63, 3.8) is 0 Å². The number of methoxy groups -OCH3 is 1. The van der Waals surface area contributed by atoms with Crippen molar-refractivity contribution < 1.29 is 9.53 Å². The molecule has 0 aliphatic rings. The van der Waals surface area contributed by atoms with E-state index in [-0.39, 0.29) is 6.03 Å². The number of nitrogens with zero attached hydrogens (tertiary/aromatic N) is 3. The van der Waals surface area contributed by atoms with Crippen molar-refractivity contribution >= 4 is 6.03 Å². The number of aryl methyl sites for hydroxylation is 1. The standard InChI is InChI=1S/C19H28N4O2/c1-4-8-21-19(24)23(11-12-25-3)15-18-20-9-10-22(18)14-17-7-5-6-16(2)13-17/h5-7,9-10,13H,4,8,11-12,14-15H2,1-3H3,(H,21,24). The summed E-state index contributed by atoms with van der Waals surface area (Å²) in [6, 6.07) is 8.34. The average molecular weight is 344 g/mol. The van der Waals surface area contributed by atoms with Gasteiger partial charge in [-0.3, -0.25) is 0 Å². The highest BCUT2D eigenvalue weighted by Crippen LogP contribution is 2.10. The molecule has 25 heavy (non-hydrogen) atoms. The second kappa shape index (κ2) is 9.84. The molecule has 0 bridgehead atoms. The van der Waals surface area contributed by atoms with Gasteiger partial charge >= 0.3 is 6.03 Å². The number of imidazole rings is 1. The average Bonchev–Trinajstić information content (AvgIpc) is 3.03. The zero-order valence-electron chi connectivity index (χ0n) is 15.4. The molecule has 0 aliphatic carbocycles. The van der Waals surface area contributed by atoms with Crippen molar-refractivity contribution in [2.75, 3.05) is 26.8 Å². The predicted octanol–water partition coefficient (Wildman–Crippen LogP) is 2.81. The third kappa shape index (κ3) is 5.90. The molecule has 0 unspecified atom stereocenters. The number of urea groups is 1. The molecule has 6 nitrogen and oxygen atoms in total. The number of benzene rings is 1. The first-order chi connectivity index (χ1) is 12.1. The van der Waals surface area contributed by atoms with Crippen LogP contribution in [0.1, 0.15) is 30.3 Å². The van der Waals surface area contributed by atoms with Crippen LogP contribution in [0.25, 0.3) is 0 Å². The smallest absolute Gasteiger partial charge is 0.317 e. The number of rotatable bonds is 9. The topological polar surface area (TPSA) is 59.4 Å². The molecule has 0 spiro atoms. The minimum Gasteiger partial charge on any atom is -0.383 e. The number of amides is 2. The normalized spacial score (nSPS) is 10.7. The monoisotopic (exact) mass is 344 g/mol. The number of nitrogens with one attached hydrogen (secondary N) is 1. The van der Waals surface area contributed by atoms with Gasteiger partial charge in [-0.05, 0) is 18.9 Å². The van der Waals surface area contributed by atoms with Gasteiger partial charge in [-0.1, -0.05) is 36.8 Å². The fraction of sp³-hybridized carbons (Fsp3) is 0.474. The zero-order chi connectivity index (χ0) is 18.1. The molecule has 1 aromatic heterocycles. The van der Waals surface area contributed by atoms with Crippen molar-refractivity contribution in [3.05, 3.63) is 53.6 Å². The third-order valence-corrected chi connectivity index (χ3v) is 3.95. The first kappa shape index (κ1) is 19.0. The highest BCUT2D eigenvalue weighted by molar-refractivity contribution is 5.74. The summed E-state index contributed by atoms with van der Waals surface area (Å²) in [5.41, 5.74) is 2.46. The first-order valence-corrected chi connectivity index (χ1v) is 8.71. The van der Waals surface area contributed by atoms with E-state index in [2.05, 4.69) is 46.1 Å². The molecule has 0 atom stereocenters.